The quantitative estimate of drug-likeness (QED) is 0.749. The number of hydrogen-bond acceptors (Lipinski definition) is 3. The fourth-order valence-corrected chi connectivity index (χ4v) is 1.17. The Morgan fingerprint density at radius 1 is 1.18 bits per heavy atom. The lowest BCUT2D eigenvalue weighted by Gasteiger charge is -2.38. The van der Waals surface area contributed by atoms with Crippen LogP contribution < -0.4 is 5.32 Å². The number of carbonyl (C=O) groups is 1. The summed E-state index contributed by atoms with van der Waals surface area (Å²) < 4.78 is 0. The molecule has 3 N–H and O–H groups in total. The summed E-state index contributed by atoms with van der Waals surface area (Å²) in [4.78, 5) is 11.9. The zero-order valence-electron chi connectivity index (χ0n) is 10.6. The molecule has 1 aromatic carbocycles. The molecule has 0 aliphatic carbocycles. The molecule has 1 aromatic rings. The van der Waals surface area contributed by atoms with Crippen LogP contribution in [0.25, 0.3) is 0 Å². The lowest BCUT2D eigenvalue weighted by molar-refractivity contribution is -0.00297. The van der Waals surface area contributed by atoms with Crippen LogP contribution in [0.4, 0.5) is 0 Å². The van der Waals surface area contributed by atoms with Gasteiger partial charge in [0, 0.05) is 0 Å². The highest BCUT2D eigenvalue weighted by atomic mass is 16.3. The van der Waals surface area contributed by atoms with E-state index in [4.69, 9.17) is 0 Å². The third-order valence-corrected chi connectivity index (χ3v) is 3.10. The van der Waals surface area contributed by atoms with Gasteiger partial charge in [-0.25, -0.2) is 0 Å². The summed E-state index contributed by atoms with van der Waals surface area (Å²) in [7, 11) is 0. The highest BCUT2D eigenvalue weighted by molar-refractivity contribution is 5.97. The highest BCUT2D eigenvalue weighted by Crippen LogP contribution is 2.22. The number of para-hydroxylation sites is 1. The number of phenols is 1. The van der Waals surface area contributed by atoms with Crippen LogP contribution in [0.3, 0.4) is 0 Å². The van der Waals surface area contributed by atoms with Gasteiger partial charge in [-0.1, -0.05) is 12.1 Å². The zero-order chi connectivity index (χ0) is 13.3. The number of hydrogen-bond donors (Lipinski definition) is 3. The topological polar surface area (TPSA) is 69.6 Å². The van der Waals surface area contributed by atoms with E-state index in [1.54, 1.807) is 39.8 Å². The summed E-state index contributed by atoms with van der Waals surface area (Å²) in [5, 5.41) is 22.2. The molecular formula is C13H19NO3. The molecule has 4 heteroatoms. The van der Waals surface area contributed by atoms with Gasteiger partial charge in [0.1, 0.15) is 5.75 Å². The fraction of sp³-hybridized carbons (Fsp3) is 0.462. The molecule has 0 unspecified atom stereocenters. The van der Waals surface area contributed by atoms with Crippen LogP contribution in [0.5, 0.6) is 5.75 Å². The van der Waals surface area contributed by atoms with Crippen LogP contribution in [0, 0.1) is 0 Å². The second-order valence-electron chi connectivity index (χ2n) is 5.16. The van der Waals surface area contributed by atoms with Crippen molar-refractivity contribution in [3.63, 3.8) is 0 Å². The Bertz CT molecular complexity index is 419. The predicted molar refractivity (Wildman–Crippen MR) is 65.9 cm³/mol. The average molecular weight is 237 g/mol. The van der Waals surface area contributed by atoms with Gasteiger partial charge in [-0.05, 0) is 39.8 Å². The van der Waals surface area contributed by atoms with Crippen LogP contribution in [0.1, 0.15) is 38.1 Å². The molecular weight excluding hydrogens is 218 g/mol. The molecule has 0 atom stereocenters. The SMILES string of the molecule is CC(C)(O)C(C)(C)NC(=O)c1ccccc1O. The third-order valence-electron chi connectivity index (χ3n) is 3.10. The molecule has 0 saturated carbocycles. The van der Waals surface area contributed by atoms with Crippen LogP contribution in [-0.4, -0.2) is 27.3 Å². The number of phenolic OH excluding ortho intramolecular Hbond substituents is 1. The largest absolute Gasteiger partial charge is 0.507 e. The second kappa shape index (κ2) is 4.37. The van der Waals surface area contributed by atoms with Crippen molar-refractivity contribution in [2.24, 2.45) is 0 Å². The molecule has 0 aromatic heterocycles. The van der Waals surface area contributed by atoms with Crippen molar-refractivity contribution >= 4 is 5.91 Å². The summed E-state index contributed by atoms with van der Waals surface area (Å²) in [6.07, 6.45) is 0. The number of rotatable bonds is 3. The van der Waals surface area contributed by atoms with E-state index in [2.05, 4.69) is 5.32 Å². The summed E-state index contributed by atoms with van der Waals surface area (Å²) in [6, 6.07) is 6.30. The van der Waals surface area contributed by atoms with E-state index in [-0.39, 0.29) is 11.3 Å². The van der Waals surface area contributed by atoms with Gasteiger partial charge in [0.25, 0.3) is 5.91 Å². The monoisotopic (exact) mass is 237 g/mol. The minimum Gasteiger partial charge on any atom is -0.507 e. The summed E-state index contributed by atoms with van der Waals surface area (Å²) in [5.41, 5.74) is -1.66. The molecule has 0 aliphatic heterocycles. The Morgan fingerprint density at radius 2 is 1.71 bits per heavy atom. The first-order valence-corrected chi connectivity index (χ1v) is 5.48. The van der Waals surface area contributed by atoms with Crippen molar-refractivity contribution in [1.82, 2.24) is 5.32 Å². The van der Waals surface area contributed by atoms with Gasteiger partial charge >= 0.3 is 0 Å². The molecule has 1 rings (SSSR count). The number of benzene rings is 1. The van der Waals surface area contributed by atoms with Crippen LogP contribution in [0.2, 0.25) is 0 Å². The van der Waals surface area contributed by atoms with Gasteiger partial charge in [0.15, 0.2) is 0 Å². The van der Waals surface area contributed by atoms with Crippen molar-refractivity contribution in [2.75, 3.05) is 0 Å². The highest BCUT2D eigenvalue weighted by Gasteiger charge is 2.36. The van der Waals surface area contributed by atoms with E-state index in [1.165, 1.54) is 12.1 Å². The Kier molecular flexibility index (Phi) is 3.48. The molecule has 0 spiro atoms. The minimum absolute atomic E-state index is 0.0726. The maximum absolute atomic E-state index is 11.9. The van der Waals surface area contributed by atoms with E-state index < -0.39 is 17.0 Å². The van der Waals surface area contributed by atoms with Crippen LogP contribution in [0.15, 0.2) is 24.3 Å². The zero-order valence-corrected chi connectivity index (χ0v) is 10.6. The Labute approximate surface area is 101 Å². The molecule has 4 nitrogen and oxygen atoms in total. The van der Waals surface area contributed by atoms with E-state index >= 15 is 0 Å². The Morgan fingerprint density at radius 3 is 2.18 bits per heavy atom. The number of carbonyl (C=O) groups excluding carboxylic acids is 1. The standard InChI is InChI=1S/C13H19NO3/c1-12(2,13(3,4)17)14-11(16)9-7-5-6-8-10(9)15/h5-8,15,17H,1-4H3,(H,14,16). The molecule has 0 bridgehead atoms. The number of nitrogens with one attached hydrogen (secondary N) is 1. The summed E-state index contributed by atoms with van der Waals surface area (Å²) in [5.74, 6) is -0.480. The van der Waals surface area contributed by atoms with Gasteiger partial charge in [-0.15, -0.1) is 0 Å². The normalized spacial score (nSPS) is 12.3. The lowest BCUT2D eigenvalue weighted by atomic mass is 9.85. The van der Waals surface area contributed by atoms with Gasteiger partial charge in [0.05, 0.1) is 16.7 Å². The van der Waals surface area contributed by atoms with Gasteiger partial charge < -0.3 is 15.5 Å². The first-order valence-electron chi connectivity index (χ1n) is 5.48. The summed E-state index contributed by atoms with van der Waals surface area (Å²) in [6.45, 7) is 6.70. The molecule has 0 fully saturated rings. The molecule has 94 valence electrons. The van der Waals surface area contributed by atoms with Crippen molar-refractivity contribution in [1.29, 1.82) is 0 Å². The fourth-order valence-electron chi connectivity index (χ4n) is 1.17. The number of aliphatic hydroxyl groups is 1. The molecule has 1 amide bonds. The predicted octanol–water partition coefficient (Wildman–Crippen LogP) is 1.67. The molecule has 0 aliphatic rings. The van der Waals surface area contributed by atoms with E-state index in [0.717, 1.165) is 0 Å². The van der Waals surface area contributed by atoms with Crippen molar-refractivity contribution in [2.45, 2.75) is 38.8 Å². The van der Waals surface area contributed by atoms with Crippen LogP contribution in [-0.2, 0) is 0 Å². The molecule has 0 heterocycles. The number of aromatic hydroxyl groups is 1. The van der Waals surface area contributed by atoms with Crippen molar-refractivity contribution in [3.8, 4) is 5.75 Å². The maximum atomic E-state index is 11.9. The smallest absolute Gasteiger partial charge is 0.255 e. The molecule has 0 saturated heterocycles. The van der Waals surface area contributed by atoms with Gasteiger partial charge in [0.2, 0.25) is 0 Å². The first-order chi connectivity index (χ1) is 7.65. The third kappa shape index (κ3) is 2.97. The average Bonchev–Trinajstić information content (AvgIpc) is 2.15. The Balaban J connectivity index is 2.92. The van der Waals surface area contributed by atoms with Crippen molar-refractivity contribution < 1.29 is 15.0 Å². The van der Waals surface area contributed by atoms with Crippen LogP contribution >= 0.6 is 0 Å². The van der Waals surface area contributed by atoms with Gasteiger partial charge in [-0.2, -0.15) is 0 Å². The second-order valence-corrected chi connectivity index (χ2v) is 5.16. The maximum Gasteiger partial charge on any atom is 0.255 e. The lowest BCUT2D eigenvalue weighted by Crippen LogP contribution is -2.57. The van der Waals surface area contributed by atoms with E-state index in [0.29, 0.717) is 0 Å². The van der Waals surface area contributed by atoms with E-state index in [9.17, 15) is 15.0 Å². The van der Waals surface area contributed by atoms with Crippen molar-refractivity contribution in [3.05, 3.63) is 29.8 Å². The molecule has 0 radical (unpaired) electrons. The molecule has 17 heavy (non-hydrogen) atoms. The minimum atomic E-state index is -1.06. The Hall–Kier alpha value is -1.55. The number of amides is 1. The first kappa shape index (κ1) is 13.5. The van der Waals surface area contributed by atoms with Gasteiger partial charge in [-0.3, -0.25) is 4.79 Å². The van der Waals surface area contributed by atoms with E-state index in [1.807, 2.05) is 0 Å². The summed E-state index contributed by atoms with van der Waals surface area (Å²) >= 11 is 0.